The maximum atomic E-state index is 12.0. The van der Waals surface area contributed by atoms with Crippen LogP contribution in [0, 0.1) is 5.41 Å². The molecule has 0 radical (unpaired) electrons. The highest BCUT2D eigenvalue weighted by molar-refractivity contribution is 5.85. The molecule has 2 N–H and O–H groups in total. The zero-order valence-corrected chi connectivity index (χ0v) is 11.2. The Morgan fingerprint density at radius 1 is 1.35 bits per heavy atom. The molecule has 1 unspecified atom stereocenters. The van der Waals surface area contributed by atoms with Gasteiger partial charge in [-0.2, -0.15) is 0 Å². The molecule has 1 fully saturated rings. The molecule has 0 aromatic heterocycles. The van der Waals surface area contributed by atoms with Crippen molar-refractivity contribution in [2.45, 2.75) is 52.7 Å². The first-order valence-electron chi connectivity index (χ1n) is 5.83. The Morgan fingerprint density at radius 3 is 2.29 bits per heavy atom. The highest BCUT2D eigenvalue weighted by Crippen LogP contribution is 2.36. The van der Waals surface area contributed by atoms with Crippen LogP contribution in [0.2, 0.25) is 0 Å². The zero-order valence-electron chi connectivity index (χ0n) is 11.2. The van der Waals surface area contributed by atoms with E-state index in [4.69, 9.17) is 10.5 Å². The van der Waals surface area contributed by atoms with Crippen LogP contribution in [-0.2, 0) is 9.53 Å². The molecule has 0 bridgehead atoms. The molecule has 5 nitrogen and oxygen atoms in total. The van der Waals surface area contributed by atoms with Gasteiger partial charge in [-0.25, -0.2) is 4.79 Å². The summed E-state index contributed by atoms with van der Waals surface area (Å²) in [6, 6.07) is -0.586. The molecule has 1 aliphatic heterocycles. The number of amides is 2. The van der Waals surface area contributed by atoms with Gasteiger partial charge in [-0.05, 0) is 32.6 Å². The third-order valence-electron chi connectivity index (χ3n) is 2.95. The van der Waals surface area contributed by atoms with Gasteiger partial charge in [0, 0.05) is 6.54 Å². The second-order valence-corrected chi connectivity index (χ2v) is 6.22. The minimum atomic E-state index is -0.586. The SMILES string of the molecule is CC(C)(C)OC(=O)N1CCC(C)(C)C1C(N)=O. The van der Waals surface area contributed by atoms with E-state index in [0.29, 0.717) is 6.54 Å². The highest BCUT2D eigenvalue weighted by Gasteiger charge is 2.47. The quantitative estimate of drug-likeness (QED) is 0.757. The molecule has 1 heterocycles. The van der Waals surface area contributed by atoms with Gasteiger partial charge in [0.15, 0.2) is 0 Å². The first-order valence-corrected chi connectivity index (χ1v) is 5.83. The molecule has 98 valence electrons. The lowest BCUT2D eigenvalue weighted by Gasteiger charge is -2.31. The number of likely N-dealkylation sites (tertiary alicyclic amines) is 1. The van der Waals surface area contributed by atoms with Gasteiger partial charge in [-0.3, -0.25) is 9.69 Å². The number of ether oxygens (including phenoxy) is 1. The van der Waals surface area contributed by atoms with E-state index in [1.165, 1.54) is 4.90 Å². The summed E-state index contributed by atoms with van der Waals surface area (Å²) in [5.74, 6) is -0.474. The van der Waals surface area contributed by atoms with Crippen molar-refractivity contribution in [3.63, 3.8) is 0 Å². The highest BCUT2D eigenvalue weighted by atomic mass is 16.6. The van der Waals surface area contributed by atoms with Crippen LogP contribution in [-0.4, -0.2) is 35.1 Å². The third kappa shape index (κ3) is 3.11. The van der Waals surface area contributed by atoms with Gasteiger partial charge in [-0.15, -0.1) is 0 Å². The predicted molar refractivity (Wildman–Crippen MR) is 64.3 cm³/mol. The molecule has 5 heteroatoms. The maximum absolute atomic E-state index is 12.0. The Bertz CT molecular complexity index is 331. The molecule has 1 rings (SSSR count). The van der Waals surface area contributed by atoms with Crippen molar-refractivity contribution in [2.75, 3.05) is 6.54 Å². The molecule has 0 aromatic rings. The first-order chi connectivity index (χ1) is 7.54. The smallest absolute Gasteiger partial charge is 0.410 e. The number of carbonyl (C=O) groups is 2. The van der Waals surface area contributed by atoms with E-state index in [9.17, 15) is 9.59 Å². The summed E-state index contributed by atoms with van der Waals surface area (Å²) in [5.41, 5.74) is 4.52. The van der Waals surface area contributed by atoms with Crippen molar-refractivity contribution in [1.29, 1.82) is 0 Å². The van der Waals surface area contributed by atoms with Crippen LogP contribution >= 0.6 is 0 Å². The predicted octanol–water partition coefficient (Wildman–Crippen LogP) is 1.51. The Hall–Kier alpha value is -1.26. The van der Waals surface area contributed by atoms with Crippen molar-refractivity contribution in [3.8, 4) is 0 Å². The summed E-state index contributed by atoms with van der Waals surface area (Å²) in [6.07, 6.45) is 0.284. The van der Waals surface area contributed by atoms with E-state index in [2.05, 4.69) is 0 Å². The first kappa shape index (κ1) is 13.8. The van der Waals surface area contributed by atoms with Gasteiger partial charge in [0.2, 0.25) is 5.91 Å². The molecule has 2 amide bonds. The lowest BCUT2D eigenvalue weighted by molar-refractivity contribution is -0.124. The molecule has 0 spiro atoms. The van der Waals surface area contributed by atoms with E-state index < -0.39 is 23.6 Å². The molecule has 0 aliphatic carbocycles. The fourth-order valence-electron chi connectivity index (χ4n) is 2.15. The van der Waals surface area contributed by atoms with Gasteiger partial charge in [0.1, 0.15) is 11.6 Å². The fourth-order valence-corrected chi connectivity index (χ4v) is 2.15. The van der Waals surface area contributed by atoms with E-state index in [0.717, 1.165) is 6.42 Å². The summed E-state index contributed by atoms with van der Waals surface area (Å²) in [7, 11) is 0. The lowest BCUT2D eigenvalue weighted by Crippen LogP contribution is -2.50. The Labute approximate surface area is 102 Å². The summed E-state index contributed by atoms with van der Waals surface area (Å²) < 4.78 is 5.27. The normalized spacial score (nSPS) is 23.6. The van der Waals surface area contributed by atoms with Gasteiger partial charge in [0.05, 0.1) is 0 Å². The van der Waals surface area contributed by atoms with Crippen LogP contribution in [0.15, 0.2) is 0 Å². The largest absolute Gasteiger partial charge is 0.444 e. The van der Waals surface area contributed by atoms with Crippen LogP contribution in [0.4, 0.5) is 4.79 Å². The maximum Gasteiger partial charge on any atom is 0.410 e. The van der Waals surface area contributed by atoms with E-state index in [1.807, 2.05) is 13.8 Å². The lowest BCUT2D eigenvalue weighted by atomic mass is 9.84. The number of hydrogen-bond donors (Lipinski definition) is 1. The van der Waals surface area contributed by atoms with E-state index in [1.54, 1.807) is 20.8 Å². The van der Waals surface area contributed by atoms with Gasteiger partial charge in [-0.1, -0.05) is 13.8 Å². The van der Waals surface area contributed by atoms with Crippen molar-refractivity contribution in [1.82, 2.24) is 4.90 Å². The van der Waals surface area contributed by atoms with E-state index >= 15 is 0 Å². The van der Waals surface area contributed by atoms with Crippen molar-refractivity contribution in [2.24, 2.45) is 11.1 Å². The van der Waals surface area contributed by atoms with Crippen LogP contribution in [0.3, 0.4) is 0 Å². The molecule has 1 atom stereocenters. The van der Waals surface area contributed by atoms with Gasteiger partial charge >= 0.3 is 6.09 Å². The molecule has 1 aliphatic rings. The monoisotopic (exact) mass is 242 g/mol. The third-order valence-corrected chi connectivity index (χ3v) is 2.95. The fraction of sp³-hybridized carbons (Fsp3) is 0.833. The van der Waals surface area contributed by atoms with Crippen LogP contribution in [0.5, 0.6) is 0 Å². The summed E-state index contributed by atoms with van der Waals surface area (Å²) in [4.78, 5) is 24.9. The molecule has 0 aromatic carbocycles. The van der Waals surface area contributed by atoms with Crippen LogP contribution in [0.25, 0.3) is 0 Å². The molecular formula is C12H22N2O3. The average molecular weight is 242 g/mol. The minimum Gasteiger partial charge on any atom is -0.444 e. The number of primary amides is 1. The summed E-state index contributed by atoms with van der Waals surface area (Å²) in [5, 5.41) is 0. The van der Waals surface area contributed by atoms with E-state index in [-0.39, 0.29) is 5.41 Å². The van der Waals surface area contributed by atoms with Crippen molar-refractivity contribution >= 4 is 12.0 Å². The second-order valence-electron chi connectivity index (χ2n) is 6.22. The topological polar surface area (TPSA) is 72.6 Å². The Kier molecular flexibility index (Phi) is 3.41. The molecule has 1 saturated heterocycles. The second kappa shape index (κ2) is 4.20. The number of nitrogens with two attached hydrogens (primary N) is 1. The summed E-state index contributed by atoms with van der Waals surface area (Å²) in [6.45, 7) is 9.78. The van der Waals surface area contributed by atoms with Gasteiger partial charge in [0.25, 0.3) is 0 Å². The molecule has 17 heavy (non-hydrogen) atoms. The number of nitrogens with zero attached hydrogens (tertiary/aromatic N) is 1. The van der Waals surface area contributed by atoms with Crippen molar-refractivity contribution in [3.05, 3.63) is 0 Å². The zero-order chi connectivity index (χ0) is 13.4. The van der Waals surface area contributed by atoms with Crippen LogP contribution in [0.1, 0.15) is 41.0 Å². The van der Waals surface area contributed by atoms with Gasteiger partial charge < -0.3 is 10.5 Å². The Balaban J connectivity index is 2.85. The minimum absolute atomic E-state index is 0.289. The Morgan fingerprint density at radius 2 is 1.88 bits per heavy atom. The molecule has 0 saturated carbocycles. The van der Waals surface area contributed by atoms with Crippen molar-refractivity contribution < 1.29 is 14.3 Å². The average Bonchev–Trinajstić information content (AvgIpc) is 2.37. The number of hydrogen-bond acceptors (Lipinski definition) is 3. The van der Waals surface area contributed by atoms with Crippen LogP contribution < -0.4 is 5.73 Å². The number of carbonyl (C=O) groups excluding carboxylic acids is 2. The number of rotatable bonds is 1. The standard InChI is InChI=1S/C12H22N2O3/c1-11(2,3)17-10(16)14-7-6-12(4,5)8(14)9(13)15/h8H,6-7H2,1-5H3,(H2,13,15). The molecular weight excluding hydrogens is 220 g/mol. The summed E-state index contributed by atoms with van der Waals surface area (Å²) >= 11 is 0.